The fourth-order valence-corrected chi connectivity index (χ4v) is 7.18. The number of aromatic nitrogens is 2. The maximum Gasteiger partial charge on any atom is 0.241 e. The molecule has 1 aliphatic heterocycles. The van der Waals surface area contributed by atoms with Crippen LogP contribution in [0.5, 0.6) is 5.75 Å². The molecule has 0 spiro atoms. The molecule has 4 aromatic carbocycles. The van der Waals surface area contributed by atoms with Gasteiger partial charge in [0.2, 0.25) is 5.91 Å². The van der Waals surface area contributed by atoms with Gasteiger partial charge in [0.05, 0.1) is 41.6 Å². The number of hydrogen-bond acceptors (Lipinski definition) is 7. The van der Waals surface area contributed by atoms with E-state index in [1.807, 2.05) is 71.6 Å². The molecule has 2 atom stereocenters. The van der Waals surface area contributed by atoms with Crippen LogP contribution in [0.2, 0.25) is 5.02 Å². The molecule has 1 N–H and O–H groups in total. The number of aromatic amines is 1. The van der Waals surface area contributed by atoms with Crippen molar-refractivity contribution in [3.63, 3.8) is 0 Å². The number of carbonyl (C=O) groups is 1. The summed E-state index contributed by atoms with van der Waals surface area (Å²) >= 11 is 6.53. The number of ether oxygens (including phenoxy) is 1. The van der Waals surface area contributed by atoms with Crippen LogP contribution in [-0.2, 0) is 27.7 Å². The first-order valence-electron chi connectivity index (χ1n) is 16.1. The third kappa shape index (κ3) is 9.34. The Morgan fingerprint density at radius 3 is 2.57 bits per heavy atom. The van der Waals surface area contributed by atoms with Crippen molar-refractivity contribution in [3.05, 3.63) is 137 Å². The van der Waals surface area contributed by atoms with Crippen LogP contribution in [0, 0.1) is 17.1 Å². The highest BCUT2D eigenvalue weighted by Crippen LogP contribution is 2.38. The van der Waals surface area contributed by atoms with Gasteiger partial charge in [-0.3, -0.25) is 9.69 Å². The van der Waals surface area contributed by atoms with Crippen LogP contribution in [-0.4, -0.2) is 60.3 Å². The van der Waals surface area contributed by atoms with Crippen molar-refractivity contribution in [2.75, 3.05) is 30.0 Å². The van der Waals surface area contributed by atoms with Crippen molar-refractivity contribution in [1.82, 2.24) is 14.9 Å². The molecule has 51 heavy (non-hydrogen) atoms. The molecule has 5 aromatic rings. The molecule has 9 nitrogen and oxygen atoms in total. The number of sulfone groups is 1. The van der Waals surface area contributed by atoms with Crippen LogP contribution in [0.3, 0.4) is 0 Å². The maximum atomic E-state index is 14.7. The SMILES string of the molecule is CS(=O)(=O)CCC1CN(c2cc(Cl)ccc2-c2cccc(OCc3ccccc3)c2)C(=O)CN1[C@@H](Cc1ccc(C#N)c(F)c1)c1cnc[nH]1.Cl. The minimum Gasteiger partial charge on any atom is -0.489 e. The second-order valence-electron chi connectivity index (χ2n) is 12.4. The third-order valence-corrected chi connectivity index (χ3v) is 10.0. The number of H-pyrrole nitrogens is 1. The first-order chi connectivity index (χ1) is 24.1. The summed E-state index contributed by atoms with van der Waals surface area (Å²) in [6.07, 6.45) is 4.90. The standard InChI is InChI=1S/C38H35ClFN5O4S.ClH/c1-50(47,48)15-14-31-22-45(38(46)23-44(31)37(35-21-42-25-43-35)17-27-10-11-29(20-41)34(40)16-27)36-19-30(39)12-13-33(36)28-8-5-9-32(18-28)49-24-26-6-3-2-4-7-26;/h2-13,16,18-19,21,25,31,37H,14-15,17,22-24H2,1H3,(H,42,43);1H/t31?,37-;/m0./s1. The Kier molecular flexibility index (Phi) is 12.2. The zero-order chi connectivity index (χ0) is 35.3. The molecule has 13 heteroatoms. The fraction of sp³-hybridized carbons (Fsp3) is 0.237. The van der Waals surface area contributed by atoms with Crippen molar-refractivity contribution >= 4 is 45.4 Å². The van der Waals surface area contributed by atoms with Gasteiger partial charge >= 0.3 is 0 Å². The summed E-state index contributed by atoms with van der Waals surface area (Å²) in [5.74, 6) is -0.279. The lowest BCUT2D eigenvalue weighted by atomic mass is 9.96. The van der Waals surface area contributed by atoms with Gasteiger partial charge in [-0.15, -0.1) is 12.4 Å². The number of benzene rings is 4. The van der Waals surface area contributed by atoms with Gasteiger partial charge in [-0.25, -0.2) is 17.8 Å². The number of nitrogens with one attached hydrogen (secondary N) is 1. The Morgan fingerprint density at radius 1 is 1.06 bits per heavy atom. The van der Waals surface area contributed by atoms with Crippen LogP contribution in [0.1, 0.15) is 34.8 Å². The second-order valence-corrected chi connectivity index (χ2v) is 15.1. The number of piperazine rings is 1. The lowest BCUT2D eigenvalue weighted by molar-refractivity contribution is -0.123. The molecular weight excluding hydrogens is 712 g/mol. The Labute approximate surface area is 308 Å². The van der Waals surface area contributed by atoms with Crippen LogP contribution < -0.4 is 9.64 Å². The van der Waals surface area contributed by atoms with E-state index in [9.17, 15) is 22.9 Å². The normalized spacial score (nSPS) is 15.5. The van der Waals surface area contributed by atoms with Crippen molar-refractivity contribution in [2.45, 2.75) is 31.5 Å². The number of imidazole rings is 1. The summed E-state index contributed by atoms with van der Waals surface area (Å²) in [7, 11) is -3.35. The Bertz CT molecular complexity index is 2130. The number of rotatable bonds is 12. The molecule has 2 heterocycles. The number of nitriles is 1. The topological polar surface area (TPSA) is 119 Å². The zero-order valence-electron chi connectivity index (χ0n) is 27.7. The number of anilines is 1. The van der Waals surface area contributed by atoms with Gasteiger partial charge < -0.3 is 14.6 Å². The largest absolute Gasteiger partial charge is 0.489 e. The van der Waals surface area contributed by atoms with E-state index < -0.39 is 27.7 Å². The molecule has 1 aromatic heterocycles. The molecule has 1 fully saturated rings. The molecule has 264 valence electrons. The van der Waals surface area contributed by atoms with E-state index in [-0.39, 0.29) is 55.6 Å². The van der Waals surface area contributed by atoms with Gasteiger partial charge in [0.15, 0.2) is 0 Å². The van der Waals surface area contributed by atoms with Crippen molar-refractivity contribution in [1.29, 1.82) is 5.26 Å². The Balaban J connectivity index is 0.00000504. The van der Waals surface area contributed by atoms with E-state index in [0.29, 0.717) is 34.3 Å². The molecule has 6 rings (SSSR count). The molecule has 1 aliphatic rings. The van der Waals surface area contributed by atoms with Gasteiger partial charge in [-0.05, 0) is 65.9 Å². The first kappa shape index (κ1) is 37.5. The zero-order valence-corrected chi connectivity index (χ0v) is 30.1. The van der Waals surface area contributed by atoms with Crippen molar-refractivity contribution < 1.29 is 22.3 Å². The predicted octanol–water partition coefficient (Wildman–Crippen LogP) is 7.18. The predicted molar refractivity (Wildman–Crippen MR) is 198 cm³/mol. The van der Waals surface area contributed by atoms with Crippen LogP contribution in [0.15, 0.2) is 104 Å². The first-order valence-corrected chi connectivity index (χ1v) is 18.5. The summed E-state index contributed by atoms with van der Waals surface area (Å²) in [6, 6.07) is 28.3. The van der Waals surface area contributed by atoms with Gasteiger partial charge in [0.25, 0.3) is 0 Å². The smallest absolute Gasteiger partial charge is 0.241 e. The quantitative estimate of drug-likeness (QED) is 0.144. The van der Waals surface area contributed by atoms with Crippen molar-refractivity contribution in [3.8, 4) is 22.9 Å². The lowest BCUT2D eigenvalue weighted by Crippen LogP contribution is -2.58. The summed E-state index contributed by atoms with van der Waals surface area (Å²) < 4.78 is 45.6. The van der Waals surface area contributed by atoms with Gasteiger partial charge in [-0.2, -0.15) is 5.26 Å². The number of halogens is 3. The minimum absolute atomic E-state index is 0. The van der Waals surface area contributed by atoms with E-state index in [2.05, 4.69) is 9.97 Å². The van der Waals surface area contributed by atoms with Crippen molar-refractivity contribution in [2.24, 2.45) is 0 Å². The highest BCUT2D eigenvalue weighted by molar-refractivity contribution is 7.90. The summed E-state index contributed by atoms with van der Waals surface area (Å²) in [5, 5.41) is 9.67. The molecule has 1 unspecified atom stereocenters. The number of nitrogens with zero attached hydrogens (tertiary/aromatic N) is 4. The highest BCUT2D eigenvalue weighted by atomic mass is 35.5. The lowest BCUT2D eigenvalue weighted by Gasteiger charge is -2.45. The van der Waals surface area contributed by atoms with E-state index in [1.54, 1.807) is 29.3 Å². The molecular formula is C38H36Cl2FN5O4S. The van der Waals surface area contributed by atoms with Gasteiger partial charge in [0.1, 0.15) is 34.1 Å². The minimum atomic E-state index is -3.35. The number of carbonyl (C=O) groups excluding carboxylic acids is 1. The van der Waals surface area contributed by atoms with E-state index in [4.69, 9.17) is 16.3 Å². The van der Waals surface area contributed by atoms with Gasteiger partial charge in [0, 0.05) is 35.6 Å². The molecule has 1 amide bonds. The Hall–Kier alpha value is -4.73. The fourth-order valence-electron chi connectivity index (χ4n) is 6.31. The maximum absolute atomic E-state index is 14.7. The van der Waals surface area contributed by atoms with E-state index in [0.717, 1.165) is 16.7 Å². The molecule has 0 bridgehead atoms. The second kappa shape index (κ2) is 16.5. The number of amides is 1. The monoisotopic (exact) mass is 747 g/mol. The van der Waals surface area contributed by atoms with Gasteiger partial charge in [-0.1, -0.05) is 66.2 Å². The molecule has 1 saturated heterocycles. The number of hydrogen-bond donors (Lipinski definition) is 1. The summed E-state index contributed by atoms with van der Waals surface area (Å²) in [5.41, 5.74) is 4.46. The molecule has 0 radical (unpaired) electrons. The average Bonchev–Trinajstić information content (AvgIpc) is 3.64. The van der Waals surface area contributed by atoms with Crippen LogP contribution >= 0.6 is 24.0 Å². The van der Waals surface area contributed by atoms with E-state index in [1.165, 1.54) is 24.7 Å². The van der Waals surface area contributed by atoms with E-state index >= 15 is 0 Å². The molecule has 0 aliphatic carbocycles. The molecule has 0 saturated carbocycles. The van der Waals surface area contributed by atoms with Crippen LogP contribution in [0.25, 0.3) is 11.1 Å². The highest BCUT2D eigenvalue weighted by Gasteiger charge is 2.39. The van der Waals surface area contributed by atoms with Crippen LogP contribution in [0.4, 0.5) is 10.1 Å². The Morgan fingerprint density at radius 2 is 1.86 bits per heavy atom. The summed E-state index contributed by atoms with van der Waals surface area (Å²) in [6.45, 7) is 0.522. The summed E-state index contributed by atoms with van der Waals surface area (Å²) in [4.78, 5) is 25.2. The third-order valence-electron chi connectivity index (χ3n) is 8.81. The average molecular weight is 749 g/mol.